The van der Waals surface area contributed by atoms with Gasteiger partial charge in [0.2, 0.25) is 0 Å². The molecule has 0 radical (unpaired) electrons. The molecule has 0 spiro atoms. The maximum absolute atomic E-state index is 12.0. The molecule has 2 rings (SSSR count). The molecule has 0 aromatic heterocycles. The molecule has 1 unspecified atom stereocenters. The third kappa shape index (κ3) is 3.27. The third-order valence-electron chi connectivity index (χ3n) is 3.24. The molecule has 1 aliphatic rings. The SMILES string of the molecule is Cc1cccc(OCC(=O)N2CC(O)C[C@H]2C(=O)O)c1. The molecule has 1 aromatic rings. The predicted octanol–water partition coefficient (Wildman–Crippen LogP) is 0.420. The lowest BCUT2D eigenvalue weighted by Gasteiger charge is -2.21. The van der Waals surface area contributed by atoms with E-state index >= 15 is 0 Å². The fourth-order valence-electron chi connectivity index (χ4n) is 2.26. The number of amides is 1. The number of nitrogens with zero attached hydrogens (tertiary/aromatic N) is 1. The number of carboxylic acids is 1. The number of aliphatic carboxylic acids is 1. The van der Waals surface area contributed by atoms with E-state index in [2.05, 4.69) is 0 Å². The molecule has 2 atom stereocenters. The minimum Gasteiger partial charge on any atom is -0.484 e. The molecule has 0 bridgehead atoms. The summed E-state index contributed by atoms with van der Waals surface area (Å²) in [5.74, 6) is -0.981. The minimum absolute atomic E-state index is 0.0347. The van der Waals surface area contributed by atoms with E-state index in [0.29, 0.717) is 5.75 Å². The van der Waals surface area contributed by atoms with Crippen molar-refractivity contribution in [3.05, 3.63) is 29.8 Å². The number of carboxylic acid groups (broad SMARTS) is 1. The first kappa shape index (κ1) is 14.3. The summed E-state index contributed by atoms with van der Waals surface area (Å²) >= 11 is 0. The van der Waals surface area contributed by atoms with Crippen LogP contribution in [0.1, 0.15) is 12.0 Å². The molecular formula is C14H17NO5. The van der Waals surface area contributed by atoms with Gasteiger partial charge in [-0.15, -0.1) is 0 Å². The van der Waals surface area contributed by atoms with E-state index in [0.717, 1.165) is 10.5 Å². The van der Waals surface area contributed by atoms with Crippen LogP contribution in [0, 0.1) is 6.92 Å². The fraction of sp³-hybridized carbons (Fsp3) is 0.429. The van der Waals surface area contributed by atoms with Gasteiger partial charge in [0.1, 0.15) is 11.8 Å². The van der Waals surface area contributed by atoms with E-state index < -0.39 is 24.0 Å². The zero-order chi connectivity index (χ0) is 14.7. The van der Waals surface area contributed by atoms with Crippen LogP contribution in [0.25, 0.3) is 0 Å². The molecule has 0 saturated carbocycles. The lowest BCUT2D eigenvalue weighted by Crippen LogP contribution is -2.42. The van der Waals surface area contributed by atoms with Crippen LogP contribution >= 0.6 is 0 Å². The summed E-state index contributed by atoms with van der Waals surface area (Å²) in [5, 5.41) is 18.5. The second-order valence-electron chi connectivity index (χ2n) is 4.89. The quantitative estimate of drug-likeness (QED) is 0.834. The highest BCUT2D eigenvalue weighted by atomic mass is 16.5. The average Bonchev–Trinajstić information content (AvgIpc) is 2.78. The number of β-amino-alcohol motifs (C(OH)–C–C–N with tert-alkyl or cyclic N) is 1. The molecule has 20 heavy (non-hydrogen) atoms. The monoisotopic (exact) mass is 279 g/mol. The molecule has 1 aromatic carbocycles. The van der Waals surface area contributed by atoms with Crippen LogP contribution in [-0.4, -0.2) is 52.3 Å². The third-order valence-corrected chi connectivity index (χ3v) is 3.24. The molecular weight excluding hydrogens is 262 g/mol. The maximum Gasteiger partial charge on any atom is 0.326 e. The van der Waals surface area contributed by atoms with Gasteiger partial charge in [0.05, 0.1) is 6.10 Å². The first-order valence-electron chi connectivity index (χ1n) is 6.37. The lowest BCUT2D eigenvalue weighted by atomic mass is 10.2. The Kier molecular flexibility index (Phi) is 4.24. The van der Waals surface area contributed by atoms with E-state index in [1.165, 1.54) is 0 Å². The Hall–Kier alpha value is -2.08. The molecule has 1 fully saturated rings. The van der Waals surface area contributed by atoms with E-state index in [4.69, 9.17) is 9.84 Å². The second kappa shape index (κ2) is 5.92. The zero-order valence-electron chi connectivity index (χ0n) is 11.2. The maximum atomic E-state index is 12.0. The lowest BCUT2D eigenvalue weighted by molar-refractivity contribution is -0.148. The first-order valence-corrected chi connectivity index (χ1v) is 6.37. The largest absolute Gasteiger partial charge is 0.484 e. The van der Waals surface area contributed by atoms with E-state index in [1.807, 2.05) is 19.1 Å². The number of rotatable bonds is 4. The molecule has 2 N–H and O–H groups in total. The second-order valence-corrected chi connectivity index (χ2v) is 4.89. The van der Waals surface area contributed by atoms with Gasteiger partial charge in [-0.05, 0) is 24.6 Å². The smallest absolute Gasteiger partial charge is 0.326 e. The van der Waals surface area contributed by atoms with Gasteiger partial charge in [0.25, 0.3) is 5.91 Å². The van der Waals surface area contributed by atoms with Gasteiger partial charge in [-0.25, -0.2) is 4.79 Å². The molecule has 108 valence electrons. The number of benzene rings is 1. The molecule has 1 heterocycles. The number of carbonyl (C=O) groups excluding carboxylic acids is 1. The number of ether oxygens (including phenoxy) is 1. The summed E-state index contributed by atoms with van der Waals surface area (Å²) < 4.78 is 5.36. The number of aliphatic hydroxyl groups is 1. The summed E-state index contributed by atoms with van der Waals surface area (Å²) in [6.07, 6.45) is -0.732. The highest BCUT2D eigenvalue weighted by Crippen LogP contribution is 2.19. The Bertz CT molecular complexity index is 516. The van der Waals surface area contributed by atoms with Crippen LogP contribution in [0.3, 0.4) is 0 Å². The number of aryl methyl sites for hydroxylation is 1. The minimum atomic E-state index is -1.11. The van der Waals surface area contributed by atoms with Crippen LogP contribution < -0.4 is 4.74 Å². The predicted molar refractivity (Wildman–Crippen MR) is 70.4 cm³/mol. The van der Waals surface area contributed by atoms with Crippen LogP contribution in [0.2, 0.25) is 0 Å². The van der Waals surface area contributed by atoms with Crippen molar-refractivity contribution >= 4 is 11.9 Å². The van der Waals surface area contributed by atoms with Crippen LogP contribution in [0.5, 0.6) is 5.75 Å². The van der Waals surface area contributed by atoms with Crippen molar-refractivity contribution < 1.29 is 24.5 Å². The highest BCUT2D eigenvalue weighted by molar-refractivity contribution is 5.85. The highest BCUT2D eigenvalue weighted by Gasteiger charge is 2.38. The first-order chi connectivity index (χ1) is 9.47. The Labute approximate surface area is 116 Å². The van der Waals surface area contributed by atoms with Crippen molar-refractivity contribution in [3.8, 4) is 5.75 Å². The van der Waals surface area contributed by atoms with Gasteiger partial charge in [0.15, 0.2) is 6.61 Å². The summed E-state index contributed by atoms with van der Waals surface area (Å²) in [6.45, 7) is 1.71. The van der Waals surface area contributed by atoms with Gasteiger partial charge in [-0.2, -0.15) is 0 Å². The van der Waals surface area contributed by atoms with Crippen molar-refractivity contribution in [2.45, 2.75) is 25.5 Å². The van der Waals surface area contributed by atoms with Gasteiger partial charge in [-0.3, -0.25) is 4.79 Å². The summed E-state index contributed by atoms with van der Waals surface area (Å²) in [7, 11) is 0. The van der Waals surface area contributed by atoms with Gasteiger partial charge in [-0.1, -0.05) is 12.1 Å². The van der Waals surface area contributed by atoms with Gasteiger partial charge < -0.3 is 19.8 Å². The number of hydrogen-bond donors (Lipinski definition) is 2. The van der Waals surface area contributed by atoms with Crippen molar-refractivity contribution in [3.63, 3.8) is 0 Å². The summed E-state index contributed by atoms with van der Waals surface area (Å²) in [6, 6.07) is 6.27. The Morgan fingerprint density at radius 2 is 2.20 bits per heavy atom. The molecule has 1 amide bonds. The van der Waals surface area contributed by atoms with E-state index in [1.54, 1.807) is 12.1 Å². The Morgan fingerprint density at radius 3 is 2.85 bits per heavy atom. The Morgan fingerprint density at radius 1 is 1.45 bits per heavy atom. The van der Waals surface area contributed by atoms with Crippen molar-refractivity contribution in [1.29, 1.82) is 0 Å². The van der Waals surface area contributed by atoms with Gasteiger partial charge >= 0.3 is 5.97 Å². The van der Waals surface area contributed by atoms with Crippen LogP contribution in [0.4, 0.5) is 0 Å². The van der Waals surface area contributed by atoms with Crippen molar-refractivity contribution in [2.75, 3.05) is 13.2 Å². The average molecular weight is 279 g/mol. The van der Waals surface area contributed by atoms with Gasteiger partial charge in [0, 0.05) is 13.0 Å². The normalized spacial score (nSPS) is 21.8. The zero-order valence-corrected chi connectivity index (χ0v) is 11.2. The van der Waals surface area contributed by atoms with Crippen molar-refractivity contribution in [1.82, 2.24) is 4.90 Å². The summed E-state index contributed by atoms with van der Waals surface area (Å²) in [4.78, 5) is 24.2. The molecule has 6 nitrogen and oxygen atoms in total. The molecule has 0 aliphatic carbocycles. The van der Waals surface area contributed by atoms with Crippen molar-refractivity contribution in [2.24, 2.45) is 0 Å². The van der Waals surface area contributed by atoms with Crippen LogP contribution in [-0.2, 0) is 9.59 Å². The molecule has 6 heteroatoms. The fourth-order valence-corrected chi connectivity index (χ4v) is 2.26. The molecule has 1 saturated heterocycles. The standard InChI is InChI=1S/C14H17NO5/c1-9-3-2-4-11(5-9)20-8-13(17)15-7-10(16)6-12(15)14(18)19/h2-5,10,12,16H,6-8H2,1H3,(H,18,19)/t10?,12-/m0/s1. The summed E-state index contributed by atoms with van der Waals surface area (Å²) in [5.41, 5.74) is 1.01. The number of likely N-dealkylation sites (tertiary alicyclic amines) is 1. The van der Waals surface area contributed by atoms with E-state index in [9.17, 15) is 14.7 Å². The van der Waals surface area contributed by atoms with E-state index in [-0.39, 0.29) is 19.6 Å². The number of hydrogen-bond acceptors (Lipinski definition) is 4. The van der Waals surface area contributed by atoms with Crippen LogP contribution in [0.15, 0.2) is 24.3 Å². The topological polar surface area (TPSA) is 87.1 Å². The number of aliphatic hydroxyl groups excluding tert-OH is 1. The molecule has 1 aliphatic heterocycles. The Balaban J connectivity index is 1.96. The number of carbonyl (C=O) groups is 2.